The van der Waals surface area contributed by atoms with E-state index < -0.39 is 30.2 Å². The van der Waals surface area contributed by atoms with Crippen molar-refractivity contribution < 1.29 is 31.9 Å². The third-order valence-corrected chi connectivity index (χ3v) is 4.59. The Morgan fingerprint density at radius 2 is 1.87 bits per heavy atom. The van der Waals surface area contributed by atoms with E-state index in [0.717, 1.165) is 16.9 Å². The Labute approximate surface area is 168 Å². The molecule has 0 spiro atoms. The zero-order chi connectivity index (χ0) is 21.3. The van der Waals surface area contributed by atoms with Crippen molar-refractivity contribution in [1.29, 1.82) is 0 Å². The molecule has 2 aromatic heterocycles. The Balaban J connectivity index is 1.58. The molecule has 8 nitrogen and oxygen atoms in total. The number of hydrogen-bond donors (Lipinski definition) is 1. The lowest BCUT2D eigenvalue weighted by Crippen LogP contribution is -2.40. The highest BCUT2D eigenvalue weighted by atomic mass is 19.4. The molecule has 0 saturated carbocycles. The molecule has 0 atom stereocenters. The number of hydrogen-bond acceptors (Lipinski definition) is 5. The van der Waals surface area contributed by atoms with Gasteiger partial charge < -0.3 is 19.4 Å². The van der Waals surface area contributed by atoms with E-state index in [1.807, 2.05) is 0 Å². The summed E-state index contributed by atoms with van der Waals surface area (Å²) in [4.78, 5) is 27.0. The van der Waals surface area contributed by atoms with Gasteiger partial charge in [-0.25, -0.2) is 0 Å². The van der Waals surface area contributed by atoms with Crippen LogP contribution in [0.2, 0.25) is 0 Å². The Morgan fingerprint density at radius 1 is 1.13 bits per heavy atom. The maximum Gasteiger partial charge on any atom is 0.435 e. The molecule has 1 aliphatic rings. The lowest BCUT2D eigenvalue weighted by Gasteiger charge is -2.26. The molecule has 158 valence electrons. The normalized spacial score (nSPS) is 14.8. The summed E-state index contributed by atoms with van der Waals surface area (Å²) in [6.45, 7) is 1.11. The number of nitrogens with zero attached hydrogens (tertiary/aromatic N) is 3. The van der Waals surface area contributed by atoms with Crippen molar-refractivity contribution in [1.82, 2.24) is 14.7 Å². The standard InChI is InChI=1S/C19H17F3N4O4/c20-19(21,22)14-5-6-26(24-14)11-15(27)23-16-12-3-1-2-4-13(12)30-17(16)18(28)25-7-9-29-10-8-25/h1-6H,7-11H2,(H,23,27). The minimum atomic E-state index is -4.60. The van der Waals surface area contributed by atoms with Crippen LogP contribution in [0.1, 0.15) is 16.2 Å². The fraction of sp³-hybridized carbons (Fsp3) is 0.316. The number of fused-ring (bicyclic) bond motifs is 1. The molecule has 0 bridgehead atoms. The number of morpholine rings is 1. The van der Waals surface area contributed by atoms with Crippen LogP contribution in [0, 0.1) is 0 Å². The van der Waals surface area contributed by atoms with Crippen LogP contribution in [-0.4, -0.2) is 52.8 Å². The van der Waals surface area contributed by atoms with Gasteiger partial charge in [-0.3, -0.25) is 14.3 Å². The Kier molecular flexibility index (Phi) is 5.20. The van der Waals surface area contributed by atoms with Crippen molar-refractivity contribution in [3.05, 3.63) is 48.0 Å². The molecule has 0 aliphatic carbocycles. The number of carbonyl (C=O) groups is 2. The van der Waals surface area contributed by atoms with E-state index in [-0.39, 0.29) is 11.4 Å². The van der Waals surface area contributed by atoms with Gasteiger partial charge >= 0.3 is 6.18 Å². The topological polar surface area (TPSA) is 89.6 Å². The predicted octanol–water partition coefficient (Wildman–Crippen LogP) is 2.76. The summed E-state index contributed by atoms with van der Waals surface area (Å²) in [5.41, 5.74) is -0.509. The molecule has 0 radical (unpaired) electrons. The lowest BCUT2D eigenvalue weighted by atomic mass is 10.2. The van der Waals surface area contributed by atoms with E-state index in [0.29, 0.717) is 37.3 Å². The number of furan rings is 1. The number of benzene rings is 1. The number of rotatable bonds is 4. The van der Waals surface area contributed by atoms with Gasteiger partial charge in [0, 0.05) is 24.7 Å². The van der Waals surface area contributed by atoms with Gasteiger partial charge in [0.05, 0.1) is 13.2 Å². The molecular weight excluding hydrogens is 405 g/mol. The first-order valence-electron chi connectivity index (χ1n) is 9.12. The molecule has 1 aliphatic heterocycles. The first-order chi connectivity index (χ1) is 14.3. The van der Waals surface area contributed by atoms with Crippen molar-refractivity contribution in [2.45, 2.75) is 12.7 Å². The van der Waals surface area contributed by atoms with Gasteiger partial charge in [-0.2, -0.15) is 18.3 Å². The maximum atomic E-state index is 12.9. The minimum Gasteiger partial charge on any atom is -0.449 e. The average molecular weight is 422 g/mol. The SMILES string of the molecule is O=C(Cn1ccc(C(F)(F)F)n1)Nc1c(C(=O)N2CCOCC2)oc2ccccc12. The van der Waals surface area contributed by atoms with Crippen molar-refractivity contribution in [3.8, 4) is 0 Å². The van der Waals surface area contributed by atoms with Crippen LogP contribution >= 0.6 is 0 Å². The van der Waals surface area contributed by atoms with Gasteiger partial charge in [0.25, 0.3) is 5.91 Å². The van der Waals surface area contributed by atoms with Crippen molar-refractivity contribution in [3.63, 3.8) is 0 Å². The molecule has 0 unspecified atom stereocenters. The van der Waals surface area contributed by atoms with Crippen LogP contribution < -0.4 is 5.32 Å². The van der Waals surface area contributed by atoms with Crippen molar-refractivity contribution >= 4 is 28.5 Å². The molecule has 1 saturated heterocycles. The summed E-state index contributed by atoms with van der Waals surface area (Å²) in [5.74, 6) is -1.08. The number of carbonyl (C=O) groups excluding carboxylic acids is 2. The number of ether oxygens (including phenoxy) is 1. The van der Waals surface area contributed by atoms with Crippen LogP contribution in [0.25, 0.3) is 11.0 Å². The molecule has 30 heavy (non-hydrogen) atoms. The van der Waals surface area contributed by atoms with Gasteiger partial charge in [0.2, 0.25) is 11.7 Å². The molecular formula is C19H17F3N4O4. The first-order valence-corrected chi connectivity index (χ1v) is 9.12. The van der Waals surface area contributed by atoms with E-state index in [2.05, 4.69) is 10.4 Å². The molecule has 4 rings (SSSR count). The monoisotopic (exact) mass is 422 g/mol. The van der Waals surface area contributed by atoms with Crippen LogP contribution in [-0.2, 0) is 22.3 Å². The fourth-order valence-corrected chi connectivity index (χ4v) is 3.16. The average Bonchev–Trinajstić information content (AvgIpc) is 3.33. The molecule has 1 aromatic carbocycles. The summed E-state index contributed by atoms with van der Waals surface area (Å²) >= 11 is 0. The van der Waals surface area contributed by atoms with Gasteiger partial charge in [0.1, 0.15) is 17.8 Å². The van der Waals surface area contributed by atoms with E-state index >= 15 is 0 Å². The Bertz CT molecular complexity index is 1080. The molecule has 3 heterocycles. The number of amides is 2. The summed E-state index contributed by atoms with van der Waals surface area (Å²) < 4.78 is 49.9. The smallest absolute Gasteiger partial charge is 0.435 e. The fourth-order valence-electron chi connectivity index (χ4n) is 3.16. The lowest BCUT2D eigenvalue weighted by molar-refractivity contribution is -0.141. The van der Waals surface area contributed by atoms with Crippen LogP contribution in [0.15, 0.2) is 40.9 Å². The second-order valence-electron chi connectivity index (χ2n) is 6.65. The number of halogens is 3. The molecule has 1 N–H and O–H groups in total. The Hall–Kier alpha value is -3.34. The maximum absolute atomic E-state index is 12.9. The van der Waals surface area contributed by atoms with Gasteiger partial charge in [-0.1, -0.05) is 12.1 Å². The predicted molar refractivity (Wildman–Crippen MR) is 98.8 cm³/mol. The van der Waals surface area contributed by atoms with Crippen LogP contribution in [0.4, 0.5) is 18.9 Å². The summed E-state index contributed by atoms with van der Waals surface area (Å²) in [7, 11) is 0. The minimum absolute atomic E-state index is 0.0390. The number of aromatic nitrogens is 2. The molecule has 1 fully saturated rings. The zero-order valence-corrected chi connectivity index (χ0v) is 15.6. The van der Waals surface area contributed by atoms with E-state index in [1.165, 1.54) is 0 Å². The van der Waals surface area contributed by atoms with Crippen molar-refractivity contribution in [2.24, 2.45) is 0 Å². The second-order valence-corrected chi connectivity index (χ2v) is 6.65. The number of nitrogens with one attached hydrogen (secondary N) is 1. The van der Waals surface area contributed by atoms with E-state index in [4.69, 9.17) is 9.15 Å². The first kappa shape index (κ1) is 20.0. The number of anilines is 1. The molecule has 3 aromatic rings. The van der Waals surface area contributed by atoms with Crippen molar-refractivity contribution in [2.75, 3.05) is 31.6 Å². The highest BCUT2D eigenvalue weighted by Crippen LogP contribution is 2.32. The number of alkyl halides is 3. The Morgan fingerprint density at radius 3 is 2.57 bits per heavy atom. The zero-order valence-electron chi connectivity index (χ0n) is 15.6. The molecule has 11 heteroatoms. The van der Waals surface area contributed by atoms with E-state index in [1.54, 1.807) is 29.2 Å². The third-order valence-electron chi connectivity index (χ3n) is 4.59. The second kappa shape index (κ2) is 7.82. The van der Waals surface area contributed by atoms with Crippen LogP contribution in [0.3, 0.4) is 0 Å². The molecule has 2 amide bonds. The third kappa shape index (κ3) is 4.01. The highest BCUT2D eigenvalue weighted by molar-refractivity contribution is 6.10. The summed E-state index contributed by atoms with van der Waals surface area (Å²) in [6.07, 6.45) is -3.53. The quantitative estimate of drug-likeness (QED) is 0.699. The summed E-state index contributed by atoms with van der Waals surface area (Å²) in [6, 6.07) is 7.57. The highest BCUT2D eigenvalue weighted by Gasteiger charge is 2.34. The van der Waals surface area contributed by atoms with Gasteiger partial charge in [0.15, 0.2) is 5.69 Å². The summed E-state index contributed by atoms with van der Waals surface area (Å²) in [5, 5.41) is 6.47. The van der Waals surface area contributed by atoms with Crippen LogP contribution in [0.5, 0.6) is 0 Å². The largest absolute Gasteiger partial charge is 0.449 e. The number of para-hydroxylation sites is 1. The van der Waals surface area contributed by atoms with Gasteiger partial charge in [-0.15, -0.1) is 0 Å². The van der Waals surface area contributed by atoms with E-state index in [9.17, 15) is 22.8 Å². The van der Waals surface area contributed by atoms with Gasteiger partial charge in [-0.05, 0) is 18.2 Å².